The second kappa shape index (κ2) is 6.24. The van der Waals surface area contributed by atoms with Crippen molar-refractivity contribution in [2.24, 2.45) is 5.92 Å². The highest BCUT2D eigenvalue weighted by atomic mass is 33.1. The normalized spacial score (nSPS) is 14.5. The van der Waals surface area contributed by atoms with E-state index in [1.807, 2.05) is 10.8 Å². The van der Waals surface area contributed by atoms with Crippen LogP contribution in [0.1, 0.15) is 41.0 Å². The van der Waals surface area contributed by atoms with E-state index in [-0.39, 0.29) is 0 Å². The maximum Gasteiger partial charge on any atom is 0.0171 e. The van der Waals surface area contributed by atoms with Gasteiger partial charge in [-0.3, -0.25) is 0 Å². The largest absolute Gasteiger partial charge is 0.0910 e. The lowest BCUT2D eigenvalue weighted by Gasteiger charge is -2.18. The van der Waals surface area contributed by atoms with E-state index >= 15 is 0 Å². The molecule has 0 aliphatic carbocycles. The van der Waals surface area contributed by atoms with Gasteiger partial charge in [-0.15, -0.1) is 0 Å². The summed E-state index contributed by atoms with van der Waals surface area (Å²) in [6, 6.07) is 0. The Labute approximate surface area is 79.3 Å². The molecular weight excluding hydrogens is 172 g/mol. The van der Waals surface area contributed by atoms with Crippen LogP contribution in [-0.2, 0) is 0 Å². The Morgan fingerprint density at radius 1 is 1.00 bits per heavy atom. The Morgan fingerprint density at radius 2 is 1.55 bits per heavy atom. The van der Waals surface area contributed by atoms with Gasteiger partial charge in [-0.1, -0.05) is 56.2 Å². The molecule has 0 aliphatic heterocycles. The molecule has 0 aliphatic rings. The monoisotopic (exact) mass is 192 g/mol. The third-order valence-electron chi connectivity index (χ3n) is 1.52. The predicted molar refractivity (Wildman–Crippen MR) is 59.2 cm³/mol. The second-order valence-corrected chi connectivity index (χ2v) is 6.52. The first-order valence-electron chi connectivity index (χ1n) is 4.40. The lowest BCUT2D eigenvalue weighted by Crippen LogP contribution is -2.08. The van der Waals surface area contributed by atoms with E-state index in [0.29, 0.717) is 0 Å². The molecule has 11 heavy (non-hydrogen) atoms. The van der Waals surface area contributed by atoms with Crippen molar-refractivity contribution in [2.75, 3.05) is 0 Å². The minimum atomic E-state index is 0.757. The van der Waals surface area contributed by atoms with Crippen LogP contribution in [0.2, 0.25) is 0 Å². The van der Waals surface area contributed by atoms with E-state index in [1.165, 1.54) is 6.42 Å². The minimum absolute atomic E-state index is 0.757. The van der Waals surface area contributed by atoms with Gasteiger partial charge in [0, 0.05) is 10.5 Å². The molecule has 0 bridgehead atoms. The first kappa shape index (κ1) is 11.7. The average molecular weight is 192 g/mol. The zero-order valence-corrected chi connectivity index (χ0v) is 9.89. The Balaban J connectivity index is 3.52. The summed E-state index contributed by atoms with van der Waals surface area (Å²) in [5, 5.41) is 1.59. The highest BCUT2D eigenvalue weighted by Gasteiger charge is 2.12. The molecular formula is C9H20S2. The lowest BCUT2D eigenvalue weighted by atomic mass is 10.1. The van der Waals surface area contributed by atoms with Gasteiger partial charge in [0.25, 0.3) is 0 Å². The van der Waals surface area contributed by atoms with Gasteiger partial charge in [-0.2, -0.15) is 0 Å². The first-order chi connectivity index (χ1) is 5.07. The van der Waals surface area contributed by atoms with Crippen LogP contribution in [0, 0.1) is 5.92 Å². The van der Waals surface area contributed by atoms with E-state index in [1.54, 1.807) is 0 Å². The van der Waals surface area contributed by atoms with Crippen LogP contribution < -0.4 is 0 Å². The molecule has 0 nitrogen and oxygen atoms in total. The van der Waals surface area contributed by atoms with Crippen molar-refractivity contribution in [1.29, 1.82) is 0 Å². The zero-order chi connectivity index (χ0) is 8.85. The quantitative estimate of drug-likeness (QED) is 0.598. The Hall–Kier alpha value is 0.700. The standard InChI is InChI=1S/C9H20S2/c1-6-9(7(2)3)11-10-8(4)5/h7-9H,6H2,1-5H3. The van der Waals surface area contributed by atoms with Gasteiger partial charge in [0.1, 0.15) is 0 Å². The highest BCUT2D eigenvalue weighted by Crippen LogP contribution is 2.35. The summed E-state index contributed by atoms with van der Waals surface area (Å²) in [5.41, 5.74) is 0. The Bertz CT molecular complexity index is 89.6. The van der Waals surface area contributed by atoms with Gasteiger partial charge in [-0.05, 0) is 12.3 Å². The molecule has 0 radical (unpaired) electrons. The highest BCUT2D eigenvalue weighted by molar-refractivity contribution is 8.77. The molecule has 1 atom stereocenters. The molecule has 0 aromatic heterocycles. The van der Waals surface area contributed by atoms with Gasteiger partial charge in [-0.25, -0.2) is 0 Å². The molecule has 68 valence electrons. The van der Waals surface area contributed by atoms with Gasteiger partial charge >= 0.3 is 0 Å². The van der Waals surface area contributed by atoms with Crippen molar-refractivity contribution in [2.45, 2.75) is 51.5 Å². The maximum atomic E-state index is 2.31. The summed E-state index contributed by atoms with van der Waals surface area (Å²) in [4.78, 5) is 0. The third-order valence-corrected chi connectivity index (χ3v) is 5.37. The van der Waals surface area contributed by atoms with Crippen molar-refractivity contribution < 1.29 is 0 Å². The van der Waals surface area contributed by atoms with Gasteiger partial charge in [0.2, 0.25) is 0 Å². The fourth-order valence-corrected chi connectivity index (χ4v) is 3.73. The van der Waals surface area contributed by atoms with E-state index in [0.717, 1.165) is 16.4 Å². The van der Waals surface area contributed by atoms with Crippen molar-refractivity contribution >= 4 is 21.6 Å². The SMILES string of the molecule is CCC(SSC(C)C)C(C)C. The molecule has 1 unspecified atom stereocenters. The van der Waals surface area contributed by atoms with Crippen LogP contribution in [0.25, 0.3) is 0 Å². The molecule has 0 saturated heterocycles. The molecule has 2 heteroatoms. The van der Waals surface area contributed by atoms with E-state index < -0.39 is 0 Å². The van der Waals surface area contributed by atoms with Crippen LogP contribution in [0.5, 0.6) is 0 Å². The number of rotatable bonds is 5. The summed E-state index contributed by atoms with van der Waals surface area (Å²) in [7, 11) is 4.06. The van der Waals surface area contributed by atoms with Crippen LogP contribution in [-0.4, -0.2) is 10.5 Å². The summed E-state index contributed by atoms with van der Waals surface area (Å²) in [6.45, 7) is 11.4. The molecule has 0 heterocycles. The van der Waals surface area contributed by atoms with Gasteiger partial charge in [0.05, 0.1) is 0 Å². The Morgan fingerprint density at radius 3 is 1.82 bits per heavy atom. The fourth-order valence-electron chi connectivity index (χ4n) is 0.833. The van der Waals surface area contributed by atoms with E-state index in [2.05, 4.69) is 45.4 Å². The van der Waals surface area contributed by atoms with E-state index in [4.69, 9.17) is 0 Å². The molecule has 0 rings (SSSR count). The van der Waals surface area contributed by atoms with Gasteiger partial charge < -0.3 is 0 Å². The van der Waals surface area contributed by atoms with Crippen LogP contribution in [0.4, 0.5) is 0 Å². The Kier molecular flexibility index (Phi) is 6.64. The zero-order valence-electron chi connectivity index (χ0n) is 8.26. The van der Waals surface area contributed by atoms with Crippen LogP contribution in [0.3, 0.4) is 0 Å². The number of hydrogen-bond acceptors (Lipinski definition) is 2. The maximum absolute atomic E-state index is 2.31. The summed E-state index contributed by atoms with van der Waals surface area (Å²) in [5.74, 6) is 0.816. The smallest absolute Gasteiger partial charge is 0.0171 e. The molecule has 0 spiro atoms. The second-order valence-electron chi connectivity index (χ2n) is 3.43. The molecule has 0 fully saturated rings. The first-order valence-corrected chi connectivity index (χ1v) is 6.67. The van der Waals surface area contributed by atoms with Crippen molar-refractivity contribution in [3.8, 4) is 0 Å². The van der Waals surface area contributed by atoms with Crippen molar-refractivity contribution in [3.05, 3.63) is 0 Å². The molecule has 0 amide bonds. The fraction of sp³-hybridized carbons (Fsp3) is 1.00. The lowest BCUT2D eigenvalue weighted by molar-refractivity contribution is 0.596. The molecule has 0 saturated carbocycles. The summed E-state index contributed by atoms with van der Waals surface area (Å²) < 4.78 is 0. The summed E-state index contributed by atoms with van der Waals surface area (Å²) >= 11 is 0. The van der Waals surface area contributed by atoms with Crippen LogP contribution in [0.15, 0.2) is 0 Å². The average Bonchev–Trinajstić information content (AvgIpc) is 1.87. The third kappa shape index (κ3) is 5.92. The number of hydrogen-bond donors (Lipinski definition) is 0. The van der Waals surface area contributed by atoms with E-state index in [9.17, 15) is 0 Å². The molecule has 0 N–H and O–H groups in total. The van der Waals surface area contributed by atoms with Crippen molar-refractivity contribution in [3.63, 3.8) is 0 Å². The minimum Gasteiger partial charge on any atom is -0.0910 e. The predicted octanol–water partition coefficient (Wildman–Crippen LogP) is 4.21. The van der Waals surface area contributed by atoms with Gasteiger partial charge in [0.15, 0.2) is 0 Å². The van der Waals surface area contributed by atoms with Crippen LogP contribution >= 0.6 is 21.6 Å². The molecule has 0 aromatic rings. The van der Waals surface area contributed by atoms with Crippen molar-refractivity contribution in [1.82, 2.24) is 0 Å². The topological polar surface area (TPSA) is 0 Å². The molecule has 0 aromatic carbocycles. The summed E-state index contributed by atoms with van der Waals surface area (Å²) in [6.07, 6.45) is 1.29.